The van der Waals surface area contributed by atoms with Gasteiger partial charge < -0.3 is 9.88 Å². The topological polar surface area (TPSA) is 29.9 Å². The molecule has 0 aliphatic carbocycles. The van der Waals surface area contributed by atoms with E-state index >= 15 is 0 Å². The monoisotopic (exact) mass is 311 g/mol. The van der Waals surface area contributed by atoms with Gasteiger partial charge >= 0.3 is 0 Å². The Balaban J connectivity index is 1.63. The lowest BCUT2D eigenvalue weighted by molar-refractivity contribution is 0.582. The molecule has 0 amide bonds. The average molecular weight is 311 g/mol. The number of nitrogens with zero attached hydrogens (tertiary/aromatic N) is 2. The number of hydrogen-bond acceptors (Lipinski definition) is 3. The van der Waals surface area contributed by atoms with Gasteiger partial charge in [-0.3, -0.25) is 0 Å². The van der Waals surface area contributed by atoms with Gasteiger partial charge in [0.1, 0.15) is 5.82 Å². The van der Waals surface area contributed by atoms with E-state index in [0.717, 1.165) is 18.9 Å². The van der Waals surface area contributed by atoms with E-state index in [1.165, 1.54) is 16.0 Å². The molecule has 1 atom stereocenters. The Morgan fingerprint density at radius 2 is 2.09 bits per heavy atom. The normalized spacial score (nSPS) is 12.5. The first-order valence-corrected chi connectivity index (χ1v) is 8.42. The van der Waals surface area contributed by atoms with Crippen molar-refractivity contribution in [3.05, 3.63) is 76.0 Å². The second-order valence-electron chi connectivity index (χ2n) is 5.54. The molecular weight excluding hydrogens is 290 g/mol. The quantitative estimate of drug-likeness (QED) is 0.741. The molecule has 114 valence electrons. The van der Waals surface area contributed by atoms with Gasteiger partial charge in [-0.1, -0.05) is 30.3 Å². The summed E-state index contributed by atoms with van der Waals surface area (Å²) in [5, 5.41) is 5.72. The summed E-state index contributed by atoms with van der Waals surface area (Å²) in [7, 11) is 0. The van der Waals surface area contributed by atoms with Crippen LogP contribution in [0.15, 0.2) is 54.2 Å². The fourth-order valence-corrected chi connectivity index (χ4v) is 3.27. The summed E-state index contributed by atoms with van der Waals surface area (Å²) in [6.07, 6.45) is 3.88. The number of aromatic nitrogens is 2. The first kappa shape index (κ1) is 15.0. The summed E-state index contributed by atoms with van der Waals surface area (Å²) in [4.78, 5) is 5.65. The van der Waals surface area contributed by atoms with Gasteiger partial charge in [-0.05, 0) is 36.4 Å². The van der Waals surface area contributed by atoms with E-state index in [0.29, 0.717) is 6.04 Å². The van der Waals surface area contributed by atoms with Crippen molar-refractivity contribution in [2.75, 3.05) is 0 Å². The molecule has 0 bridgehead atoms. The van der Waals surface area contributed by atoms with Crippen molar-refractivity contribution in [2.24, 2.45) is 0 Å². The lowest BCUT2D eigenvalue weighted by Gasteiger charge is -2.13. The predicted octanol–water partition coefficient (Wildman–Crippen LogP) is 4.15. The molecule has 2 aromatic heterocycles. The predicted molar refractivity (Wildman–Crippen MR) is 92.1 cm³/mol. The van der Waals surface area contributed by atoms with E-state index in [2.05, 4.69) is 63.6 Å². The highest BCUT2D eigenvalue weighted by atomic mass is 32.1. The third-order valence-corrected chi connectivity index (χ3v) is 4.91. The van der Waals surface area contributed by atoms with Gasteiger partial charge in [-0.15, -0.1) is 11.3 Å². The highest BCUT2D eigenvalue weighted by Crippen LogP contribution is 2.18. The van der Waals surface area contributed by atoms with Crippen molar-refractivity contribution < 1.29 is 0 Å². The molecule has 0 saturated carbocycles. The fourth-order valence-electron chi connectivity index (χ4n) is 2.51. The van der Waals surface area contributed by atoms with Crippen LogP contribution in [-0.4, -0.2) is 9.55 Å². The summed E-state index contributed by atoms with van der Waals surface area (Å²) >= 11 is 1.80. The maximum absolute atomic E-state index is 4.27. The molecule has 0 saturated heterocycles. The first-order valence-electron chi connectivity index (χ1n) is 7.55. The Hall–Kier alpha value is -1.91. The number of aryl methyl sites for hydroxylation is 1. The van der Waals surface area contributed by atoms with Crippen LogP contribution in [0.3, 0.4) is 0 Å². The van der Waals surface area contributed by atoms with Gasteiger partial charge in [-0.2, -0.15) is 0 Å². The molecule has 0 fully saturated rings. The van der Waals surface area contributed by atoms with Crippen LogP contribution in [0.2, 0.25) is 0 Å². The first-order chi connectivity index (χ1) is 10.7. The van der Waals surface area contributed by atoms with E-state index in [-0.39, 0.29) is 0 Å². The zero-order chi connectivity index (χ0) is 15.4. The average Bonchev–Trinajstić information content (AvgIpc) is 3.18. The van der Waals surface area contributed by atoms with Crippen molar-refractivity contribution in [1.82, 2.24) is 14.9 Å². The molecule has 0 spiro atoms. The lowest BCUT2D eigenvalue weighted by atomic mass is 10.1. The number of rotatable bonds is 6. The van der Waals surface area contributed by atoms with Crippen molar-refractivity contribution in [3.63, 3.8) is 0 Å². The summed E-state index contributed by atoms with van der Waals surface area (Å²) in [5.41, 5.74) is 2.63. The van der Waals surface area contributed by atoms with Crippen LogP contribution in [0.4, 0.5) is 0 Å². The molecule has 22 heavy (non-hydrogen) atoms. The minimum atomic E-state index is 0.388. The molecular formula is C18H21N3S. The standard InChI is InChI=1S/C18H21N3S/c1-14(18-7-4-10-22-18)20-12-16-5-3-6-17(11-16)13-21-9-8-19-15(21)2/h3-11,14,20H,12-13H2,1-2H3/t14-/m0/s1. The minimum absolute atomic E-state index is 0.388. The van der Waals surface area contributed by atoms with Gasteiger partial charge in [0.25, 0.3) is 0 Å². The van der Waals surface area contributed by atoms with Crippen molar-refractivity contribution in [2.45, 2.75) is 33.0 Å². The highest BCUT2D eigenvalue weighted by molar-refractivity contribution is 7.10. The van der Waals surface area contributed by atoms with Crippen LogP contribution in [0, 0.1) is 6.92 Å². The zero-order valence-corrected chi connectivity index (χ0v) is 13.8. The van der Waals surface area contributed by atoms with Gasteiger partial charge in [0.05, 0.1) is 0 Å². The molecule has 0 unspecified atom stereocenters. The smallest absolute Gasteiger partial charge is 0.105 e. The van der Waals surface area contributed by atoms with Crippen molar-refractivity contribution in [1.29, 1.82) is 0 Å². The maximum atomic E-state index is 4.27. The minimum Gasteiger partial charge on any atom is -0.331 e. The summed E-state index contributed by atoms with van der Waals surface area (Å²) in [6.45, 7) is 6.01. The third-order valence-electron chi connectivity index (χ3n) is 3.85. The maximum Gasteiger partial charge on any atom is 0.105 e. The second-order valence-corrected chi connectivity index (χ2v) is 6.52. The van der Waals surface area contributed by atoms with Crippen LogP contribution in [0.1, 0.15) is 34.8 Å². The number of imidazole rings is 1. The fraction of sp³-hybridized carbons (Fsp3) is 0.278. The van der Waals surface area contributed by atoms with E-state index in [1.54, 1.807) is 11.3 Å². The Labute approximate surface area is 135 Å². The SMILES string of the molecule is Cc1nccn1Cc1cccc(CN[C@@H](C)c2cccs2)c1. The summed E-state index contributed by atoms with van der Waals surface area (Å²) in [5.74, 6) is 1.05. The molecule has 4 heteroatoms. The number of thiophene rings is 1. The number of hydrogen-bond donors (Lipinski definition) is 1. The van der Waals surface area contributed by atoms with Crippen LogP contribution < -0.4 is 5.32 Å². The lowest BCUT2D eigenvalue weighted by Crippen LogP contribution is -2.17. The van der Waals surface area contributed by atoms with Crippen LogP contribution in [0.5, 0.6) is 0 Å². The molecule has 0 aliphatic heterocycles. The van der Waals surface area contributed by atoms with Crippen LogP contribution >= 0.6 is 11.3 Å². The van der Waals surface area contributed by atoms with E-state index in [4.69, 9.17) is 0 Å². The van der Waals surface area contributed by atoms with Crippen molar-refractivity contribution in [3.8, 4) is 0 Å². The van der Waals surface area contributed by atoms with Gasteiger partial charge in [0.2, 0.25) is 0 Å². The van der Waals surface area contributed by atoms with Gasteiger partial charge in [-0.25, -0.2) is 4.98 Å². The third kappa shape index (κ3) is 3.64. The Morgan fingerprint density at radius 3 is 2.82 bits per heavy atom. The van der Waals surface area contributed by atoms with E-state index in [1.807, 2.05) is 19.3 Å². The molecule has 3 aromatic rings. The zero-order valence-electron chi connectivity index (χ0n) is 13.0. The number of benzene rings is 1. The summed E-state index contributed by atoms with van der Waals surface area (Å²) in [6, 6.07) is 13.4. The van der Waals surface area contributed by atoms with E-state index in [9.17, 15) is 0 Å². The molecule has 2 heterocycles. The largest absolute Gasteiger partial charge is 0.331 e. The molecule has 3 nitrogen and oxygen atoms in total. The highest BCUT2D eigenvalue weighted by Gasteiger charge is 2.06. The Morgan fingerprint density at radius 1 is 1.23 bits per heavy atom. The molecule has 0 radical (unpaired) electrons. The van der Waals surface area contributed by atoms with Gasteiger partial charge in [0, 0.05) is 36.4 Å². The Kier molecular flexibility index (Phi) is 4.71. The van der Waals surface area contributed by atoms with Crippen molar-refractivity contribution >= 4 is 11.3 Å². The van der Waals surface area contributed by atoms with Gasteiger partial charge in [0.15, 0.2) is 0 Å². The summed E-state index contributed by atoms with van der Waals surface area (Å²) < 4.78 is 2.17. The van der Waals surface area contributed by atoms with E-state index < -0.39 is 0 Å². The molecule has 3 rings (SSSR count). The molecule has 0 aliphatic rings. The molecule has 1 N–H and O–H groups in total. The Bertz CT molecular complexity index is 716. The van der Waals surface area contributed by atoms with Crippen LogP contribution in [-0.2, 0) is 13.1 Å². The second kappa shape index (κ2) is 6.90. The molecule has 1 aromatic carbocycles. The number of nitrogens with one attached hydrogen (secondary N) is 1. The van der Waals surface area contributed by atoms with Crippen LogP contribution in [0.25, 0.3) is 0 Å².